The molecule has 1 amide bonds. The van der Waals surface area contributed by atoms with Crippen LogP contribution in [-0.4, -0.2) is 68.5 Å². The molecule has 3 atom stereocenters. The number of quaternary nitrogens is 1. The number of phosphoric acid groups is 1. The van der Waals surface area contributed by atoms with E-state index in [4.69, 9.17) is 9.05 Å². The summed E-state index contributed by atoms with van der Waals surface area (Å²) in [6.07, 6.45) is 53.6. The molecule has 0 aliphatic rings. The Hall–Kier alpha value is -2.58. The molecule has 9 heteroatoms. The lowest BCUT2D eigenvalue weighted by Crippen LogP contribution is -2.45. The molecule has 0 rings (SSSR count). The van der Waals surface area contributed by atoms with E-state index in [0.29, 0.717) is 17.4 Å². The van der Waals surface area contributed by atoms with E-state index < -0.39 is 26.6 Å². The Morgan fingerprint density at radius 3 is 1.59 bits per heavy atom. The summed E-state index contributed by atoms with van der Waals surface area (Å²) in [7, 11) is 1.23. The molecule has 0 aromatic heterocycles. The number of allylic oxidation sites excluding steroid dienone is 15. The number of unbranched alkanes of at least 4 members (excludes halogenated alkanes) is 10. The van der Waals surface area contributed by atoms with Crippen molar-refractivity contribution < 1.29 is 32.9 Å². The number of phosphoric ester groups is 1. The average molecular weight is 801 g/mol. The first-order chi connectivity index (χ1) is 27.0. The molecule has 0 fully saturated rings. The van der Waals surface area contributed by atoms with Crippen LogP contribution >= 0.6 is 7.82 Å². The van der Waals surface area contributed by atoms with Crippen LogP contribution in [0.5, 0.6) is 0 Å². The molecule has 0 aromatic rings. The van der Waals surface area contributed by atoms with Gasteiger partial charge in [0.15, 0.2) is 0 Å². The fourth-order valence-electron chi connectivity index (χ4n) is 5.36. The van der Waals surface area contributed by atoms with Crippen LogP contribution in [0.1, 0.15) is 142 Å². The summed E-state index contributed by atoms with van der Waals surface area (Å²) in [4.78, 5) is 25.1. The van der Waals surface area contributed by atoms with Crippen LogP contribution in [0, 0.1) is 0 Å². The van der Waals surface area contributed by atoms with E-state index in [9.17, 15) is 19.4 Å². The lowest BCUT2D eigenvalue weighted by Gasteiger charge is -2.29. The Morgan fingerprint density at radius 2 is 1.09 bits per heavy atom. The summed E-state index contributed by atoms with van der Waals surface area (Å²) in [6, 6.07) is -0.895. The summed E-state index contributed by atoms with van der Waals surface area (Å²) in [5.41, 5.74) is 0. The van der Waals surface area contributed by atoms with Crippen LogP contribution in [-0.2, 0) is 18.4 Å². The van der Waals surface area contributed by atoms with Gasteiger partial charge in [0.05, 0.1) is 39.9 Å². The zero-order valence-corrected chi connectivity index (χ0v) is 36.9. The number of likely N-dealkylation sites (N-methyl/N-ethyl adjacent to an activating group) is 1. The van der Waals surface area contributed by atoms with Gasteiger partial charge in [0.1, 0.15) is 13.2 Å². The van der Waals surface area contributed by atoms with Gasteiger partial charge in [-0.2, -0.15) is 0 Å². The first-order valence-electron chi connectivity index (χ1n) is 21.6. The van der Waals surface area contributed by atoms with Crippen LogP contribution in [0.25, 0.3) is 0 Å². The van der Waals surface area contributed by atoms with Crippen molar-refractivity contribution in [1.82, 2.24) is 5.32 Å². The second kappa shape index (κ2) is 38.0. The highest BCUT2D eigenvalue weighted by Gasteiger charge is 2.23. The first kappa shape index (κ1) is 53.4. The van der Waals surface area contributed by atoms with Gasteiger partial charge >= 0.3 is 0 Å². The Kier molecular flexibility index (Phi) is 36.2. The minimum absolute atomic E-state index is 0.00995. The molecular weight excluding hydrogens is 719 g/mol. The normalized spacial score (nSPS) is 15.3. The van der Waals surface area contributed by atoms with Crippen LogP contribution in [0.4, 0.5) is 0 Å². The van der Waals surface area contributed by atoms with Crippen LogP contribution in [0.15, 0.2) is 97.2 Å². The number of hydrogen-bond acceptors (Lipinski definition) is 6. The van der Waals surface area contributed by atoms with Gasteiger partial charge in [0.25, 0.3) is 7.82 Å². The number of nitrogens with one attached hydrogen (secondary N) is 1. The summed E-state index contributed by atoms with van der Waals surface area (Å²) in [5, 5.41) is 13.5. The molecule has 0 aliphatic carbocycles. The molecule has 0 saturated heterocycles. The lowest BCUT2D eigenvalue weighted by atomic mass is 10.1. The molecule has 8 nitrogen and oxygen atoms in total. The minimum atomic E-state index is -4.58. The van der Waals surface area contributed by atoms with Crippen LogP contribution < -0.4 is 10.2 Å². The maximum Gasteiger partial charge on any atom is 0.268 e. The molecule has 0 heterocycles. The van der Waals surface area contributed by atoms with Crippen molar-refractivity contribution in [3.8, 4) is 0 Å². The van der Waals surface area contributed by atoms with Gasteiger partial charge in [0.2, 0.25) is 5.91 Å². The minimum Gasteiger partial charge on any atom is -0.756 e. The molecule has 0 radical (unpaired) electrons. The zero-order valence-electron chi connectivity index (χ0n) is 36.0. The Bertz CT molecular complexity index is 1230. The molecule has 0 bridgehead atoms. The Morgan fingerprint density at radius 1 is 0.643 bits per heavy atom. The van der Waals surface area contributed by atoms with E-state index in [-0.39, 0.29) is 12.5 Å². The third-order valence-corrected chi connectivity index (χ3v) is 9.76. The zero-order chi connectivity index (χ0) is 41.4. The fourth-order valence-corrected chi connectivity index (χ4v) is 6.09. The second-order valence-electron chi connectivity index (χ2n) is 15.3. The SMILES string of the molecule is CC/C=C\C/C=C\C/C=C\C/C=C\C/C=C\C/C=C\C/C=C\CCCCCCCCCC(=O)NC(COP(=O)([O-])OCC[N+](C)(C)C)C(O)/C=C/CCCCC. The van der Waals surface area contributed by atoms with E-state index in [2.05, 4.69) is 104 Å². The summed E-state index contributed by atoms with van der Waals surface area (Å²) in [5.74, 6) is -0.223. The molecule has 320 valence electrons. The van der Waals surface area contributed by atoms with E-state index in [1.807, 2.05) is 27.2 Å². The number of hydrogen-bond donors (Lipinski definition) is 2. The standard InChI is InChI=1S/C47H81N2O6P/c1-6-8-10-12-13-14-15-16-17-18-19-20-21-22-23-24-25-26-27-28-29-30-31-32-33-34-35-37-39-41-47(51)48-45(46(50)40-38-36-11-9-7-2)44-55-56(52,53)54-43-42-49(3,4)5/h8,10,13-14,16-17,19-20,22-23,25-26,28-29,38,40,45-46,50H,6-7,9,11-12,15,18,21,24,27,30-37,39,41-44H2,1-5H3,(H-,48,51,52,53)/b10-8-,14-13-,17-16-,20-19-,23-22-,26-25-,29-28-,40-38+. The molecule has 2 N–H and O–H groups in total. The topological polar surface area (TPSA) is 108 Å². The predicted molar refractivity (Wildman–Crippen MR) is 237 cm³/mol. The summed E-state index contributed by atoms with van der Waals surface area (Å²) in [6.45, 7) is 4.37. The average Bonchev–Trinajstić information content (AvgIpc) is 3.15. The van der Waals surface area contributed by atoms with Crippen molar-refractivity contribution in [3.05, 3.63) is 97.2 Å². The number of aliphatic hydroxyl groups is 1. The van der Waals surface area contributed by atoms with Crippen molar-refractivity contribution in [1.29, 1.82) is 0 Å². The molecule has 3 unspecified atom stereocenters. The van der Waals surface area contributed by atoms with E-state index >= 15 is 0 Å². The van der Waals surface area contributed by atoms with Crippen molar-refractivity contribution in [2.24, 2.45) is 0 Å². The van der Waals surface area contributed by atoms with Gasteiger partial charge in [-0.25, -0.2) is 0 Å². The van der Waals surface area contributed by atoms with E-state index in [1.165, 1.54) is 19.3 Å². The van der Waals surface area contributed by atoms with E-state index in [0.717, 1.165) is 103 Å². The molecular formula is C47H81N2O6P. The van der Waals surface area contributed by atoms with Crippen molar-refractivity contribution in [2.45, 2.75) is 154 Å². The smallest absolute Gasteiger partial charge is 0.268 e. The van der Waals surface area contributed by atoms with Gasteiger partial charge in [0, 0.05) is 6.42 Å². The fraction of sp³-hybridized carbons (Fsp3) is 0.638. The Balaban J connectivity index is 4.11. The molecule has 0 saturated carbocycles. The second-order valence-corrected chi connectivity index (χ2v) is 16.7. The lowest BCUT2D eigenvalue weighted by molar-refractivity contribution is -0.870. The highest BCUT2D eigenvalue weighted by Crippen LogP contribution is 2.38. The number of carbonyl (C=O) groups is 1. The van der Waals surface area contributed by atoms with Gasteiger partial charge in [-0.3, -0.25) is 9.36 Å². The molecule has 0 aromatic carbocycles. The number of amides is 1. The van der Waals surface area contributed by atoms with Crippen LogP contribution in [0.2, 0.25) is 0 Å². The molecule has 0 spiro atoms. The number of rotatable bonds is 37. The first-order valence-corrected chi connectivity index (χ1v) is 23.1. The van der Waals surface area contributed by atoms with Gasteiger partial charge in [-0.05, 0) is 77.0 Å². The summed E-state index contributed by atoms with van der Waals surface area (Å²) >= 11 is 0. The number of carbonyl (C=O) groups excluding carboxylic acids is 1. The van der Waals surface area contributed by atoms with Crippen LogP contribution in [0.3, 0.4) is 0 Å². The monoisotopic (exact) mass is 801 g/mol. The Labute approximate surface area is 343 Å². The number of aliphatic hydroxyl groups excluding tert-OH is 1. The number of nitrogens with zero attached hydrogens (tertiary/aromatic N) is 1. The van der Waals surface area contributed by atoms with Crippen molar-refractivity contribution in [3.63, 3.8) is 0 Å². The van der Waals surface area contributed by atoms with Gasteiger partial charge < -0.3 is 28.8 Å². The molecule has 0 aliphatic heterocycles. The highest BCUT2D eigenvalue weighted by molar-refractivity contribution is 7.45. The predicted octanol–water partition coefficient (Wildman–Crippen LogP) is 11.3. The third kappa shape index (κ3) is 39.6. The molecule has 56 heavy (non-hydrogen) atoms. The van der Waals surface area contributed by atoms with Gasteiger partial charge in [-0.1, -0.05) is 156 Å². The maximum absolute atomic E-state index is 12.7. The van der Waals surface area contributed by atoms with Crippen molar-refractivity contribution >= 4 is 13.7 Å². The third-order valence-electron chi connectivity index (χ3n) is 8.80. The quantitative estimate of drug-likeness (QED) is 0.0280. The van der Waals surface area contributed by atoms with Crippen molar-refractivity contribution in [2.75, 3.05) is 40.9 Å². The van der Waals surface area contributed by atoms with Gasteiger partial charge in [-0.15, -0.1) is 0 Å². The summed E-state index contributed by atoms with van der Waals surface area (Å²) < 4.78 is 23.0. The van der Waals surface area contributed by atoms with E-state index in [1.54, 1.807) is 6.08 Å². The largest absolute Gasteiger partial charge is 0.756 e. The highest BCUT2D eigenvalue weighted by atomic mass is 31.2. The maximum atomic E-state index is 12.7.